The van der Waals surface area contributed by atoms with Crippen molar-refractivity contribution in [1.82, 2.24) is 19.4 Å². The van der Waals surface area contributed by atoms with E-state index >= 15 is 0 Å². The first-order valence-corrected chi connectivity index (χ1v) is 12.9. The molecule has 0 aliphatic carbocycles. The predicted molar refractivity (Wildman–Crippen MR) is 147 cm³/mol. The third kappa shape index (κ3) is 5.99. The summed E-state index contributed by atoms with van der Waals surface area (Å²) in [5.74, 6) is 1.22. The summed E-state index contributed by atoms with van der Waals surface area (Å²) in [5.41, 5.74) is 5.30. The normalized spacial score (nSPS) is 15.1. The Morgan fingerprint density at radius 3 is 2.33 bits per heavy atom. The van der Waals surface area contributed by atoms with Gasteiger partial charge < -0.3 is 4.57 Å². The topological polar surface area (TPSA) is 41.4 Å². The lowest BCUT2D eigenvalue weighted by atomic mass is 10.1. The Balaban J connectivity index is 1.20. The minimum atomic E-state index is 0.177. The van der Waals surface area contributed by atoms with Crippen molar-refractivity contribution in [3.63, 3.8) is 0 Å². The van der Waals surface area contributed by atoms with Crippen molar-refractivity contribution in [3.05, 3.63) is 107 Å². The van der Waals surface area contributed by atoms with Gasteiger partial charge in [-0.1, -0.05) is 84.4 Å². The number of aromatic nitrogens is 2. The maximum absolute atomic E-state index is 12.8. The fourth-order valence-electron chi connectivity index (χ4n) is 4.82. The van der Waals surface area contributed by atoms with Gasteiger partial charge in [0.25, 0.3) is 0 Å². The largest absolute Gasteiger partial charge is 0.326 e. The van der Waals surface area contributed by atoms with Gasteiger partial charge >= 0.3 is 0 Å². The molecule has 1 fully saturated rings. The summed E-state index contributed by atoms with van der Waals surface area (Å²) in [4.78, 5) is 22.8. The number of para-hydroxylation sites is 2. The smallest absolute Gasteiger partial charge is 0.164 e. The second kappa shape index (κ2) is 11.5. The van der Waals surface area contributed by atoms with Crippen LogP contribution in [0.1, 0.15) is 33.7 Å². The molecular weight excluding hydrogens is 444 g/mol. The number of piperazine rings is 1. The van der Waals surface area contributed by atoms with E-state index in [0.717, 1.165) is 61.7 Å². The molecule has 0 radical (unpaired) electrons. The number of rotatable bonds is 9. The van der Waals surface area contributed by atoms with Crippen LogP contribution in [0.5, 0.6) is 0 Å². The average molecular weight is 479 g/mol. The summed E-state index contributed by atoms with van der Waals surface area (Å²) in [6.07, 6.45) is 4.93. The van der Waals surface area contributed by atoms with E-state index in [9.17, 15) is 4.79 Å². The molecule has 0 N–H and O–H groups in total. The molecule has 5 rings (SSSR count). The van der Waals surface area contributed by atoms with Crippen molar-refractivity contribution in [1.29, 1.82) is 0 Å². The van der Waals surface area contributed by atoms with E-state index in [1.807, 2.05) is 49.4 Å². The first-order valence-electron chi connectivity index (χ1n) is 12.9. The Kier molecular flexibility index (Phi) is 7.70. The highest BCUT2D eigenvalue weighted by Crippen LogP contribution is 2.19. The molecule has 0 spiro atoms. The van der Waals surface area contributed by atoms with Crippen LogP contribution >= 0.6 is 0 Å². The van der Waals surface area contributed by atoms with Crippen LogP contribution in [0.4, 0.5) is 0 Å². The molecular formula is C31H34N4O. The molecule has 0 saturated carbocycles. The van der Waals surface area contributed by atoms with Crippen molar-refractivity contribution in [2.75, 3.05) is 32.7 Å². The van der Waals surface area contributed by atoms with E-state index in [2.05, 4.69) is 62.9 Å². The quantitative estimate of drug-likeness (QED) is 0.300. The van der Waals surface area contributed by atoms with Gasteiger partial charge in [0.1, 0.15) is 5.82 Å². The molecule has 0 unspecified atom stereocenters. The van der Waals surface area contributed by atoms with E-state index < -0.39 is 0 Å². The van der Waals surface area contributed by atoms with Crippen LogP contribution in [0.3, 0.4) is 0 Å². The Bertz CT molecular complexity index is 1320. The number of hydrogen-bond acceptors (Lipinski definition) is 4. The second-order valence-electron chi connectivity index (χ2n) is 9.60. The molecule has 1 aromatic heterocycles. The monoisotopic (exact) mass is 478 g/mol. The van der Waals surface area contributed by atoms with Crippen LogP contribution in [-0.4, -0.2) is 57.9 Å². The Morgan fingerprint density at radius 2 is 1.56 bits per heavy atom. The Hall–Kier alpha value is -3.54. The van der Waals surface area contributed by atoms with Gasteiger partial charge in [0.05, 0.1) is 17.6 Å². The van der Waals surface area contributed by atoms with Gasteiger partial charge in [0, 0.05) is 51.3 Å². The van der Waals surface area contributed by atoms with Crippen LogP contribution in [0.2, 0.25) is 0 Å². The van der Waals surface area contributed by atoms with Gasteiger partial charge in [0.15, 0.2) is 5.78 Å². The molecule has 3 aromatic carbocycles. The molecule has 1 saturated heterocycles. The zero-order valence-corrected chi connectivity index (χ0v) is 21.0. The van der Waals surface area contributed by atoms with E-state index in [1.54, 1.807) is 0 Å². The Labute approximate surface area is 213 Å². The maximum atomic E-state index is 12.8. The highest BCUT2D eigenvalue weighted by atomic mass is 16.1. The fourth-order valence-corrected chi connectivity index (χ4v) is 4.82. The first-order chi connectivity index (χ1) is 17.7. The standard InChI is InChI=1S/C31H34N4O/c1-25-13-15-27(16-14-25)30(36)17-19-35-29-12-6-5-11-28(29)32-31(35)24-34-22-20-33(21-23-34)18-7-10-26-8-3-2-4-9-26/h2-16H,17-24H2,1H3/b10-7+. The molecule has 0 bridgehead atoms. The molecule has 0 amide bonds. The molecule has 5 nitrogen and oxygen atoms in total. The van der Waals surface area contributed by atoms with Crippen molar-refractivity contribution >= 4 is 22.9 Å². The van der Waals surface area contributed by atoms with Crippen molar-refractivity contribution in [2.24, 2.45) is 0 Å². The van der Waals surface area contributed by atoms with Gasteiger partial charge in [-0.15, -0.1) is 0 Å². The fraction of sp³-hybridized carbons (Fsp3) is 0.290. The number of carbonyl (C=O) groups is 1. The zero-order valence-electron chi connectivity index (χ0n) is 21.0. The molecule has 5 heteroatoms. The van der Waals surface area contributed by atoms with E-state index in [4.69, 9.17) is 4.98 Å². The zero-order chi connectivity index (χ0) is 24.7. The summed E-state index contributed by atoms with van der Waals surface area (Å²) in [7, 11) is 0. The molecule has 4 aromatic rings. The molecule has 36 heavy (non-hydrogen) atoms. The highest BCUT2D eigenvalue weighted by Gasteiger charge is 2.20. The third-order valence-electron chi connectivity index (χ3n) is 6.97. The van der Waals surface area contributed by atoms with Crippen LogP contribution < -0.4 is 0 Å². The number of Topliss-reactive ketones (excluding diaryl/α,β-unsaturated/α-hetero) is 1. The van der Waals surface area contributed by atoms with Crippen LogP contribution in [-0.2, 0) is 13.1 Å². The molecule has 2 heterocycles. The number of ketones is 1. The van der Waals surface area contributed by atoms with Gasteiger partial charge in [0.2, 0.25) is 0 Å². The van der Waals surface area contributed by atoms with Crippen LogP contribution in [0, 0.1) is 6.92 Å². The van der Waals surface area contributed by atoms with Crippen molar-refractivity contribution < 1.29 is 4.79 Å². The van der Waals surface area contributed by atoms with E-state index in [-0.39, 0.29) is 5.78 Å². The SMILES string of the molecule is Cc1ccc(C(=O)CCn2c(CN3CCN(C/C=C/c4ccccc4)CC3)nc3ccccc32)cc1. The van der Waals surface area contributed by atoms with Crippen molar-refractivity contribution in [2.45, 2.75) is 26.4 Å². The molecule has 1 aliphatic rings. The van der Waals surface area contributed by atoms with Crippen LogP contribution in [0.15, 0.2) is 84.9 Å². The molecule has 0 atom stereocenters. The van der Waals surface area contributed by atoms with Gasteiger partial charge in [-0.3, -0.25) is 14.6 Å². The minimum Gasteiger partial charge on any atom is -0.326 e. The number of imidazole rings is 1. The second-order valence-corrected chi connectivity index (χ2v) is 9.60. The number of nitrogens with zero attached hydrogens (tertiary/aromatic N) is 4. The lowest BCUT2D eigenvalue weighted by molar-refractivity contribution is 0.0976. The van der Waals surface area contributed by atoms with E-state index in [0.29, 0.717) is 13.0 Å². The summed E-state index contributed by atoms with van der Waals surface area (Å²) in [5, 5.41) is 0. The lowest BCUT2D eigenvalue weighted by Crippen LogP contribution is -2.46. The third-order valence-corrected chi connectivity index (χ3v) is 6.97. The average Bonchev–Trinajstić information content (AvgIpc) is 3.26. The lowest BCUT2D eigenvalue weighted by Gasteiger charge is -2.34. The Morgan fingerprint density at radius 1 is 0.861 bits per heavy atom. The van der Waals surface area contributed by atoms with Gasteiger partial charge in [-0.2, -0.15) is 0 Å². The predicted octanol–water partition coefficient (Wildman–Crippen LogP) is 5.45. The van der Waals surface area contributed by atoms with Crippen molar-refractivity contribution in [3.8, 4) is 0 Å². The molecule has 184 valence electrons. The minimum absolute atomic E-state index is 0.177. The molecule has 1 aliphatic heterocycles. The van der Waals surface area contributed by atoms with Gasteiger partial charge in [-0.25, -0.2) is 4.98 Å². The number of hydrogen-bond donors (Lipinski definition) is 0. The summed E-state index contributed by atoms with van der Waals surface area (Å²) in [6, 6.07) is 26.6. The summed E-state index contributed by atoms with van der Waals surface area (Å²) >= 11 is 0. The number of aryl methyl sites for hydroxylation is 2. The maximum Gasteiger partial charge on any atom is 0.164 e. The highest BCUT2D eigenvalue weighted by molar-refractivity contribution is 5.96. The number of benzene rings is 3. The summed E-state index contributed by atoms with van der Waals surface area (Å²) in [6.45, 7) is 8.60. The summed E-state index contributed by atoms with van der Waals surface area (Å²) < 4.78 is 2.25. The van der Waals surface area contributed by atoms with Gasteiger partial charge in [-0.05, 0) is 24.6 Å². The first kappa shape index (κ1) is 24.2. The van der Waals surface area contributed by atoms with Crippen LogP contribution in [0.25, 0.3) is 17.1 Å². The van der Waals surface area contributed by atoms with E-state index in [1.165, 1.54) is 11.1 Å². The number of fused-ring (bicyclic) bond motifs is 1. The number of carbonyl (C=O) groups excluding carboxylic acids is 1.